The first-order valence-electron chi connectivity index (χ1n) is 16.3. The van der Waals surface area contributed by atoms with Gasteiger partial charge in [0.15, 0.2) is 0 Å². The summed E-state index contributed by atoms with van der Waals surface area (Å²) in [4.78, 5) is 54.3. The van der Waals surface area contributed by atoms with Crippen LogP contribution in [0, 0.1) is 11.8 Å². The molecule has 1 atom stereocenters. The van der Waals surface area contributed by atoms with Crippen molar-refractivity contribution in [1.82, 2.24) is 29.6 Å². The van der Waals surface area contributed by atoms with Crippen LogP contribution in [0.5, 0.6) is 0 Å². The zero-order valence-corrected chi connectivity index (χ0v) is 27.1. The molecule has 44 heavy (non-hydrogen) atoms. The number of nitrogens with one attached hydrogen (secondary N) is 2. The lowest BCUT2D eigenvalue weighted by Gasteiger charge is -2.36. The second kappa shape index (κ2) is 13.4. The molecule has 1 saturated carbocycles. The molecule has 2 N–H and O–H groups in total. The van der Waals surface area contributed by atoms with Gasteiger partial charge in [-0.2, -0.15) is 0 Å². The summed E-state index contributed by atoms with van der Waals surface area (Å²) in [7, 11) is 3.99. The highest BCUT2D eigenvalue weighted by molar-refractivity contribution is 6.00. The van der Waals surface area contributed by atoms with Crippen molar-refractivity contribution in [3.63, 3.8) is 0 Å². The Hall–Kier alpha value is -3.18. The highest BCUT2D eigenvalue weighted by atomic mass is 16.6. The van der Waals surface area contributed by atoms with Crippen molar-refractivity contribution in [2.75, 3.05) is 33.2 Å². The minimum absolute atomic E-state index is 0.214. The van der Waals surface area contributed by atoms with Gasteiger partial charge >= 0.3 is 11.8 Å². The van der Waals surface area contributed by atoms with Gasteiger partial charge < -0.3 is 15.0 Å². The average Bonchev–Trinajstić information content (AvgIpc) is 3.19. The average molecular weight is 611 g/mol. The highest BCUT2D eigenvalue weighted by Crippen LogP contribution is 2.28. The van der Waals surface area contributed by atoms with Gasteiger partial charge in [0, 0.05) is 39.1 Å². The van der Waals surface area contributed by atoms with Gasteiger partial charge in [-0.15, -0.1) is 0 Å². The number of aromatic nitrogens is 2. The van der Waals surface area contributed by atoms with Crippen LogP contribution in [0.3, 0.4) is 0 Å². The molecule has 1 unspecified atom stereocenters. The van der Waals surface area contributed by atoms with E-state index in [9.17, 15) is 19.2 Å². The van der Waals surface area contributed by atoms with Crippen molar-refractivity contribution >= 4 is 28.9 Å². The molecule has 2 aromatic rings. The van der Waals surface area contributed by atoms with Gasteiger partial charge in [0.2, 0.25) is 11.8 Å². The van der Waals surface area contributed by atoms with Crippen LogP contribution in [0.15, 0.2) is 23.0 Å². The van der Waals surface area contributed by atoms with E-state index in [0.29, 0.717) is 18.3 Å². The fourth-order valence-corrected chi connectivity index (χ4v) is 7.24. The second-order valence-electron chi connectivity index (χ2n) is 14.3. The zero-order valence-electron chi connectivity index (χ0n) is 27.1. The molecule has 3 heterocycles. The molecule has 11 nitrogen and oxygen atoms in total. The molecule has 5 rings (SSSR count). The van der Waals surface area contributed by atoms with Crippen molar-refractivity contribution in [3.05, 3.63) is 34.2 Å². The summed E-state index contributed by atoms with van der Waals surface area (Å²) in [5.74, 6) is 0.666. The van der Waals surface area contributed by atoms with Gasteiger partial charge in [-0.05, 0) is 115 Å². The Labute approximate surface area is 260 Å². The Kier molecular flexibility index (Phi) is 9.84. The molecule has 11 heteroatoms. The Balaban J connectivity index is 1.06. The number of ether oxygens (including phenoxy) is 1. The van der Waals surface area contributed by atoms with Crippen LogP contribution in [0.1, 0.15) is 83.7 Å². The predicted octanol–water partition coefficient (Wildman–Crippen LogP) is 3.55. The molecular formula is C33H50N6O5. The van der Waals surface area contributed by atoms with Gasteiger partial charge in [-0.25, -0.2) is 9.59 Å². The maximum atomic E-state index is 13.1. The van der Waals surface area contributed by atoms with E-state index in [-0.39, 0.29) is 30.2 Å². The first-order valence-corrected chi connectivity index (χ1v) is 16.3. The quantitative estimate of drug-likeness (QED) is 0.439. The molecule has 0 spiro atoms. The number of aryl methyl sites for hydroxylation is 1. The van der Waals surface area contributed by atoms with E-state index in [2.05, 4.69) is 39.6 Å². The Morgan fingerprint density at radius 2 is 1.64 bits per heavy atom. The number of piperidine rings is 2. The lowest BCUT2D eigenvalue weighted by atomic mass is 9.85. The molecular weight excluding hydrogens is 560 g/mol. The van der Waals surface area contributed by atoms with Crippen LogP contribution in [0.4, 0.5) is 4.79 Å². The summed E-state index contributed by atoms with van der Waals surface area (Å²) in [6, 6.07) is 5.62. The lowest BCUT2D eigenvalue weighted by Crippen LogP contribution is -2.44. The fourth-order valence-electron chi connectivity index (χ4n) is 7.24. The molecule has 1 aliphatic carbocycles. The zero-order chi connectivity index (χ0) is 31.6. The molecule has 1 aromatic carbocycles. The van der Waals surface area contributed by atoms with Crippen molar-refractivity contribution in [1.29, 1.82) is 0 Å². The third-order valence-corrected chi connectivity index (χ3v) is 9.50. The maximum Gasteiger partial charge on any atom is 0.407 e. The minimum atomic E-state index is -0.664. The van der Waals surface area contributed by atoms with Crippen molar-refractivity contribution in [2.45, 2.75) is 96.4 Å². The van der Waals surface area contributed by atoms with Gasteiger partial charge in [-0.3, -0.25) is 28.9 Å². The molecule has 3 fully saturated rings. The predicted molar refractivity (Wildman–Crippen MR) is 169 cm³/mol. The van der Waals surface area contributed by atoms with Crippen LogP contribution in [0.2, 0.25) is 0 Å². The van der Waals surface area contributed by atoms with Gasteiger partial charge in [0.25, 0.3) is 0 Å². The minimum Gasteiger partial charge on any atom is -0.444 e. The van der Waals surface area contributed by atoms with Crippen molar-refractivity contribution < 1.29 is 19.1 Å². The Morgan fingerprint density at radius 1 is 0.977 bits per heavy atom. The van der Waals surface area contributed by atoms with Gasteiger partial charge in [-0.1, -0.05) is 6.07 Å². The van der Waals surface area contributed by atoms with E-state index in [0.717, 1.165) is 75.0 Å². The number of carbonyl (C=O) groups excluding carboxylic acids is 3. The summed E-state index contributed by atoms with van der Waals surface area (Å²) in [6.07, 6.45) is 6.90. The second-order valence-corrected chi connectivity index (χ2v) is 14.3. The number of alkyl carbamates (subject to hydrolysis) is 1. The molecule has 1 aromatic heterocycles. The molecule has 0 bridgehead atoms. The van der Waals surface area contributed by atoms with E-state index < -0.39 is 17.6 Å². The molecule has 2 aliphatic heterocycles. The number of fused-ring (bicyclic) bond motifs is 1. The standard InChI is InChI=1S/C33H50N6O5/c1-33(2,3)44-31(42)34-25-9-6-22(7-10-25)19-36(4)20-23-14-16-38(17-15-23)21-24-8-11-26-28(18-24)37(5)32(43)39(26)27-12-13-29(40)35-30(27)41/h8,11,18,22-23,25,27H,6-7,9-10,12-17,19-21H2,1-5H3,(H,34,42)(H,35,40,41)/t22-,25-,27?. The smallest absolute Gasteiger partial charge is 0.407 e. The number of nitrogens with zero attached hydrogens (tertiary/aromatic N) is 4. The first kappa shape index (κ1) is 32.2. The maximum absolute atomic E-state index is 13.1. The highest BCUT2D eigenvalue weighted by Gasteiger charge is 2.32. The van der Waals surface area contributed by atoms with Crippen LogP contribution >= 0.6 is 0 Å². The number of rotatable bonds is 8. The topological polar surface area (TPSA) is 118 Å². The monoisotopic (exact) mass is 610 g/mol. The normalized spacial score (nSPS) is 24.1. The molecule has 2 saturated heterocycles. The largest absolute Gasteiger partial charge is 0.444 e. The van der Waals surface area contributed by atoms with E-state index >= 15 is 0 Å². The van der Waals surface area contributed by atoms with Crippen LogP contribution < -0.4 is 16.3 Å². The van der Waals surface area contributed by atoms with Crippen LogP contribution in [-0.2, 0) is 27.9 Å². The van der Waals surface area contributed by atoms with E-state index in [1.807, 2.05) is 26.8 Å². The number of carbonyl (C=O) groups is 3. The third kappa shape index (κ3) is 7.90. The number of imidazole rings is 1. The van der Waals surface area contributed by atoms with E-state index in [1.54, 1.807) is 11.6 Å². The molecule has 3 aliphatic rings. The number of benzene rings is 1. The number of hydrogen-bond acceptors (Lipinski definition) is 7. The number of hydrogen-bond donors (Lipinski definition) is 2. The summed E-state index contributed by atoms with van der Waals surface area (Å²) in [5.41, 5.74) is 1.99. The van der Waals surface area contributed by atoms with Gasteiger partial charge in [0.1, 0.15) is 11.6 Å². The fraction of sp³-hybridized carbons (Fsp3) is 0.697. The van der Waals surface area contributed by atoms with E-state index in [1.165, 1.54) is 17.4 Å². The molecule has 242 valence electrons. The number of amides is 3. The van der Waals surface area contributed by atoms with Crippen molar-refractivity contribution in [2.24, 2.45) is 18.9 Å². The number of imide groups is 1. The molecule has 0 radical (unpaired) electrons. The summed E-state index contributed by atoms with van der Waals surface area (Å²) in [5, 5.41) is 5.42. The lowest BCUT2D eigenvalue weighted by molar-refractivity contribution is -0.135. The Morgan fingerprint density at radius 3 is 2.27 bits per heavy atom. The van der Waals surface area contributed by atoms with E-state index in [4.69, 9.17) is 4.74 Å². The first-order chi connectivity index (χ1) is 20.9. The van der Waals surface area contributed by atoms with Gasteiger partial charge in [0.05, 0.1) is 11.0 Å². The number of likely N-dealkylation sites (tertiary alicyclic amines) is 1. The summed E-state index contributed by atoms with van der Waals surface area (Å²) in [6.45, 7) is 10.8. The molecule has 3 amide bonds. The summed E-state index contributed by atoms with van der Waals surface area (Å²) >= 11 is 0. The van der Waals surface area contributed by atoms with Crippen molar-refractivity contribution in [3.8, 4) is 0 Å². The summed E-state index contributed by atoms with van der Waals surface area (Å²) < 4.78 is 8.56. The Bertz CT molecular complexity index is 1410. The van der Waals surface area contributed by atoms with Crippen LogP contribution in [-0.4, -0.2) is 81.7 Å². The SMILES string of the molecule is CN(CC1CCN(Cc2ccc3c(c2)n(C)c(=O)n3C2CCC(=O)NC2=O)CC1)C[C@H]1CC[C@H](NC(=O)OC(C)(C)C)CC1. The van der Waals surface area contributed by atoms with Crippen LogP contribution in [0.25, 0.3) is 11.0 Å². The third-order valence-electron chi connectivity index (χ3n) is 9.50.